The van der Waals surface area contributed by atoms with E-state index in [0.717, 1.165) is 62.0 Å². The Hall–Kier alpha value is -2.25. The summed E-state index contributed by atoms with van der Waals surface area (Å²) in [7, 11) is 0. The van der Waals surface area contributed by atoms with Gasteiger partial charge < -0.3 is 14.6 Å². The normalized spacial score (nSPS) is 28.8. The van der Waals surface area contributed by atoms with Gasteiger partial charge >= 0.3 is 0 Å². The summed E-state index contributed by atoms with van der Waals surface area (Å²) in [6, 6.07) is 7.14. The van der Waals surface area contributed by atoms with Crippen molar-refractivity contribution >= 4 is 5.91 Å². The summed E-state index contributed by atoms with van der Waals surface area (Å²) in [5, 5.41) is 3.81. The largest absolute Gasteiger partial charge is 0.463 e. The Balaban J connectivity index is 1.20. The molecule has 7 nitrogen and oxygen atoms in total. The van der Waals surface area contributed by atoms with Gasteiger partial charge in [0.05, 0.1) is 6.26 Å². The van der Waals surface area contributed by atoms with Crippen molar-refractivity contribution in [2.24, 2.45) is 5.92 Å². The molecule has 1 N–H and O–H groups in total. The molecular weight excluding hydrogens is 390 g/mol. The van der Waals surface area contributed by atoms with Crippen LogP contribution in [-0.2, 0) is 4.79 Å². The number of piperidine rings is 4. The molecule has 4 fully saturated rings. The van der Waals surface area contributed by atoms with E-state index in [9.17, 15) is 4.79 Å². The molecule has 0 aromatic carbocycles. The SMILES string of the molecule is CC(=O)N1CCC(NC[C@H]2C[C@@H]3CCN2C[C@@H]3c2cc(-c3ccco3)nc(C)n2)CC1. The number of carbonyl (C=O) groups is 1. The molecule has 4 aliphatic heterocycles. The molecule has 31 heavy (non-hydrogen) atoms. The number of fused-ring (bicyclic) bond motifs is 3. The average Bonchev–Trinajstić information content (AvgIpc) is 3.33. The van der Waals surface area contributed by atoms with Crippen molar-refractivity contribution in [3.63, 3.8) is 0 Å². The molecule has 2 bridgehead atoms. The van der Waals surface area contributed by atoms with Crippen LogP contribution in [0.15, 0.2) is 28.9 Å². The first kappa shape index (κ1) is 20.6. The first-order valence-electron chi connectivity index (χ1n) is 11.7. The Bertz CT molecular complexity index is 907. The Morgan fingerprint density at radius 1 is 1.23 bits per heavy atom. The topological polar surface area (TPSA) is 74.5 Å². The van der Waals surface area contributed by atoms with Gasteiger partial charge in [-0.3, -0.25) is 9.69 Å². The second-order valence-corrected chi connectivity index (χ2v) is 9.43. The van der Waals surface area contributed by atoms with E-state index in [2.05, 4.69) is 21.3 Å². The predicted molar refractivity (Wildman–Crippen MR) is 119 cm³/mol. The Morgan fingerprint density at radius 3 is 2.74 bits per heavy atom. The number of carbonyl (C=O) groups excluding carboxylic acids is 1. The van der Waals surface area contributed by atoms with E-state index in [4.69, 9.17) is 9.40 Å². The van der Waals surface area contributed by atoms with E-state index >= 15 is 0 Å². The van der Waals surface area contributed by atoms with E-state index < -0.39 is 0 Å². The molecule has 4 aliphatic rings. The van der Waals surface area contributed by atoms with Crippen LogP contribution >= 0.6 is 0 Å². The zero-order valence-electron chi connectivity index (χ0n) is 18.6. The second kappa shape index (κ2) is 8.71. The van der Waals surface area contributed by atoms with Gasteiger partial charge in [0, 0.05) is 56.8 Å². The fourth-order valence-corrected chi connectivity index (χ4v) is 5.72. The predicted octanol–water partition coefficient (Wildman–Crippen LogP) is 2.82. The van der Waals surface area contributed by atoms with Crippen molar-refractivity contribution in [3.05, 3.63) is 36.0 Å². The number of nitrogens with zero attached hydrogens (tertiary/aromatic N) is 4. The minimum Gasteiger partial charge on any atom is -0.463 e. The fourth-order valence-electron chi connectivity index (χ4n) is 5.72. The molecule has 0 saturated carbocycles. The maximum atomic E-state index is 11.5. The maximum absolute atomic E-state index is 11.5. The number of aryl methyl sites for hydroxylation is 1. The van der Waals surface area contributed by atoms with E-state index in [-0.39, 0.29) is 5.91 Å². The van der Waals surface area contributed by atoms with Gasteiger partial charge in [0.1, 0.15) is 11.5 Å². The highest BCUT2D eigenvalue weighted by Gasteiger charge is 2.41. The van der Waals surface area contributed by atoms with Gasteiger partial charge in [-0.25, -0.2) is 9.97 Å². The van der Waals surface area contributed by atoms with E-state index in [1.807, 2.05) is 24.0 Å². The highest BCUT2D eigenvalue weighted by Crippen LogP contribution is 2.41. The number of aromatic nitrogens is 2. The summed E-state index contributed by atoms with van der Waals surface area (Å²) in [6.07, 6.45) is 6.30. The van der Waals surface area contributed by atoms with Gasteiger partial charge in [-0.05, 0) is 63.3 Å². The van der Waals surface area contributed by atoms with Crippen molar-refractivity contribution in [2.45, 2.75) is 57.5 Å². The lowest BCUT2D eigenvalue weighted by molar-refractivity contribution is -0.129. The quantitative estimate of drug-likeness (QED) is 0.797. The van der Waals surface area contributed by atoms with Crippen LogP contribution in [0.1, 0.15) is 50.0 Å². The van der Waals surface area contributed by atoms with Crippen LogP contribution in [0.2, 0.25) is 0 Å². The van der Waals surface area contributed by atoms with Crippen LogP contribution in [0, 0.1) is 12.8 Å². The van der Waals surface area contributed by atoms with Crippen LogP contribution in [-0.4, -0.2) is 70.5 Å². The Labute approximate surface area is 184 Å². The number of rotatable bonds is 5. The third kappa shape index (κ3) is 4.39. The smallest absolute Gasteiger partial charge is 0.219 e. The molecule has 1 unspecified atom stereocenters. The van der Waals surface area contributed by atoms with E-state index in [0.29, 0.717) is 23.9 Å². The molecule has 2 aromatic heterocycles. The van der Waals surface area contributed by atoms with E-state index in [1.54, 1.807) is 13.2 Å². The van der Waals surface area contributed by atoms with Gasteiger partial charge in [-0.1, -0.05) is 0 Å². The molecule has 7 heteroatoms. The van der Waals surface area contributed by atoms with Crippen molar-refractivity contribution in [1.29, 1.82) is 0 Å². The zero-order valence-corrected chi connectivity index (χ0v) is 18.6. The van der Waals surface area contributed by atoms with Crippen LogP contribution < -0.4 is 5.32 Å². The maximum Gasteiger partial charge on any atom is 0.219 e. The highest BCUT2D eigenvalue weighted by molar-refractivity contribution is 5.73. The summed E-state index contributed by atoms with van der Waals surface area (Å²) in [5.74, 6) is 2.98. The number of nitrogens with one attached hydrogen (secondary N) is 1. The Kier molecular flexibility index (Phi) is 5.80. The molecular formula is C24H33N5O2. The minimum atomic E-state index is 0.204. The number of hydrogen-bond acceptors (Lipinski definition) is 6. The standard InChI is InChI=1S/C24H33N5O2/c1-16-26-22(13-23(27-16)24-4-3-11-31-24)21-15-29-8-5-18(21)12-20(29)14-25-19-6-9-28(10-7-19)17(2)30/h3-4,11,13,18-21,25H,5-10,12,14-15H2,1-2H3/t18-,20+,21-/m0/s1. The molecule has 0 spiro atoms. The highest BCUT2D eigenvalue weighted by atomic mass is 16.3. The van der Waals surface area contributed by atoms with E-state index in [1.165, 1.54) is 19.4 Å². The zero-order chi connectivity index (χ0) is 21.4. The monoisotopic (exact) mass is 423 g/mol. The van der Waals surface area contributed by atoms with Crippen molar-refractivity contribution in [2.75, 3.05) is 32.7 Å². The lowest BCUT2D eigenvalue weighted by Gasteiger charge is -2.50. The Morgan fingerprint density at radius 2 is 2.06 bits per heavy atom. The first-order valence-corrected chi connectivity index (χ1v) is 11.7. The molecule has 4 saturated heterocycles. The molecule has 2 aromatic rings. The molecule has 6 heterocycles. The van der Waals surface area contributed by atoms with Gasteiger partial charge in [-0.15, -0.1) is 0 Å². The van der Waals surface area contributed by atoms with Crippen molar-refractivity contribution in [3.8, 4) is 11.5 Å². The molecule has 4 atom stereocenters. The number of amides is 1. The average molecular weight is 424 g/mol. The van der Waals surface area contributed by atoms with Crippen LogP contribution in [0.25, 0.3) is 11.5 Å². The summed E-state index contributed by atoms with van der Waals surface area (Å²) in [4.78, 5) is 25.6. The van der Waals surface area contributed by atoms with Crippen molar-refractivity contribution in [1.82, 2.24) is 25.1 Å². The van der Waals surface area contributed by atoms with Gasteiger partial charge in [0.15, 0.2) is 5.76 Å². The lowest BCUT2D eigenvalue weighted by Crippen LogP contribution is -2.57. The van der Waals surface area contributed by atoms with Gasteiger partial charge in [0.2, 0.25) is 5.91 Å². The van der Waals surface area contributed by atoms with Gasteiger partial charge in [-0.2, -0.15) is 0 Å². The summed E-state index contributed by atoms with van der Waals surface area (Å²) >= 11 is 0. The fraction of sp³-hybridized carbons (Fsp3) is 0.625. The number of hydrogen-bond donors (Lipinski definition) is 1. The van der Waals surface area contributed by atoms with Crippen molar-refractivity contribution < 1.29 is 9.21 Å². The minimum absolute atomic E-state index is 0.204. The van der Waals surface area contributed by atoms with Crippen LogP contribution in [0.5, 0.6) is 0 Å². The molecule has 6 rings (SSSR count). The van der Waals surface area contributed by atoms with Crippen LogP contribution in [0.4, 0.5) is 0 Å². The molecule has 0 aliphatic carbocycles. The molecule has 1 amide bonds. The lowest BCUT2D eigenvalue weighted by atomic mass is 9.74. The number of furan rings is 1. The molecule has 166 valence electrons. The number of likely N-dealkylation sites (tertiary alicyclic amines) is 1. The summed E-state index contributed by atoms with van der Waals surface area (Å²) in [5.41, 5.74) is 2.05. The molecule has 0 radical (unpaired) electrons. The second-order valence-electron chi connectivity index (χ2n) is 9.43. The third-order valence-corrected chi connectivity index (χ3v) is 7.47. The third-order valence-electron chi connectivity index (χ3n) is 7.47. The summed E-state index contributed by atoms with van der Waals surface area (Å²) < 4.78 is 5.57. The summed E-state index contributed by atoms with van der Waals surface area (Å²) in [6.45, 7) is 8.73. The van der Waals surface area contributed by atoms with Gasteiger partial charge in [0.25, 0.3) is 0 Å². The van der Waals surface area contributed by atoms with Crippen LogP contribution in [0.3, 0.4) is 0 Å². The first-order chi connectivity index (χ1) is 15.1.